The van der Waals surface area contributed by atoms with Gasteiger partial charge in [0.05, 0.1) is 0 Å². The summed E-state index contributed by atoms with van der Waals surface area (Å²) in [6.45, 7) is 9.63. The molecule has 3 aromatic carbocycles. The zero-order valence-electron chi connectivity index (χ0n) is 17.4. The molecule has 0 radical (unpaired) electrons. The quantitative estimate of drug-likeness (QED) is 0.304. The number of aryl methyl sites for hydroxylation is 2. The van der Waals surface area contributed by atoms with Crippen molar-refractivity contribution in [1.29, 1.82) is 0 Å². The smallest absolute Gasteiger partial charge is 0.135 e. The third kappa shape index (κ3) is 4.39. The molecule has 0 saturated carbocycles. The number of hydrogen-bond donors (Lipinski definition) is 0. The molecule has 0 amide bonds. The molecule has 2 heteroatoms. The van der Waals surface area contributed by atoms with Crippen molar-refractivity contribution < 1.29 is 9.47 Å². The minimum Gasteiger partial charge on any atom is -0.488 e. The predicted molar refractivity (Wildman–Crippen MR) is 121 cm³/mol. The Morgan fingerprint density at radius 1 is 0.607 bits per heavy atom. The highest BCUT2D eigenvalue weighted by Crippen LogP contribution is 2.43. The SMILES string of the molecule is CC/C=C/COc1c2ccc(C)cc2c(OC/C=C/CC)c2ccc(C)cc12. The summed E-state index contributed by atoms with van der Waals surface area (Å²) in [7, 11) is 0. The van der Waals surface area contributed by atoms with Crippen LogP contribution in [0, 0.1) is 13.8 Å². The summed E-state index contributed by atoms with van der Waals surface area (Å²) in [5, 5.41) is 4.41. The number of rotatable bonds is 8. The van der Waals surface area contributed by atoms with Gasteiger partial charge in [-0.1, -0.05) is 73.5 Å². The Bertz CT molecular complexity index is 929. The molecule has 3 rings (SSSR count). The number of allylic oxidation sites excluding steroid dienone is 2. The van der Waals surface area contributed by atoms with E-state index in [1.807, 2.05) is 0 Å². The fourth-order valence-corrected chi connectivity index (χ4v) is 3.42. The molecule has 2 nitrogen and oxygen atoms in total. The minimum atomic E-state index is 0.569. The maximum absolute atomic E-state index is 6.27. The van der Waals surface area contributed by atoms with E-state index in [4.69, 9.17) is 9.47 Å². The first-order valence-corrected chi connectivity index (χ1v) is 10.2. The molecule has 146 valence electrons. The van der Waals surface area contributed by atoms with Crippen LogP contribution in [0.3, 0.4) is 0 Å². The van der Waals surface area contributed by atoms with Crippen LogP contribution in [0.4, 0.5) is 0 Å². The highest BCUT2D eigenvalue weighted by Gasteiger charge is 2.16. The van der Waals surface area contributed by atoms with Crippen molar-refractivity contribution >= 4 is 21.5 Å². The number of hydrogen-bond acceptors (Lipinski definition) is 2. The summed E-state index contributed by atoms with van der Waals surface area (Å²) in [5.41, 5.74) is 2.43. The maximum atomic E-state index is 6.27. The molecular weight excluding hydrogens is 344 g/mol. The van der Waals surface area contributed by atoms with E-state index in [-0.39, 0.29) is 0 Å². The van der Waals surface area contributed by atoms with E-state index in [0.29, 0.717) is 13.2 Å². The van der Waals surface area contributed by atoms with Gasteiger partial charge in [-0.05, 0) is 38.8 Å². The zero-order chi connectivity index (χ0) is 19.9. The fourth-order valence-electron chi connectivity index (χ4n) is 3.42. The predicted octanol–water partition coefficient (Wildman–Crippen LogP) is 7.30. The Hall–Kier alpha value is -2.74. The van der Waals surface area contributed by atoms with Crippen LogP contribution in [0.25, 0.3) is 21.5 Å². The van der Waals surface area contributed by atoms with Crippen LogP contribution in [0.1, 0.15) is 37.8 Å². The molecule has 0 heterocycles. The molecule has 0 atom stereocenters. The molecule has 28 heavy (non-hydrogen) atoms. The normalized spacial score (nSPS) is 11.9. The van der Waals surface area contributed by atoms with Crippen LogP contribution < -0.4 is 9.47 Å². The molecular formula is C26H30O2. The third-order valence-corrected chi connectivity index (χ3v) is 4.78. The monoisotopic (exact) mass is 374 g/mol. The molecule has 0 saturated heterocycles. The molecule has 0 fully saturated rings. The summed E-state index contributed by atoms with van der Waals surface area (Å²) < 4.78 is 12.5. The van der Waals surface area contributed by atoms with E-state index in [1.54, 1.807) is 0 Å². The van der Waals surface area contributed by atoms with Crippen molar-refractivity contribution in [2.75, 3.05) is 13.2 Å². The largest absolute Gasteiger partial charge is 0.488 e. The van der Waals surface area contributed by atoms with Crippen LogP contribution in [0.5, 0.6) is 11.5 Å². The lowest BCUT2D eigenvalue weighted by Crippen LogP contribution is -2.00. The zero-order valence-corrected chi connectivity index (χ0v) is 17.4. The average molecular weight is 375 g/mol. The first-order valence-electron chi connectivity index (χ1n) is 10.2. The van der Waals surface area contributed by atoms with Gasteiger partial charge < -0.3 is 9.47 Å². The van der Waals surface area contributed by atoms with Gasteiger partial charge in [-0.2, -0.15) is 0 Å². The van der Waals surface area contributed by atoms with Crippen LogP contribution in [-0.4, -0.2) is 13.2 Å². The van der Waals surface area contributed by atoms with Gasteiger partial charge in [0.1, 0.15) is 24.7 Å². The van der Waals surface area contributed by atoms with E-state index in [1.165, 1.54) is 11.1 Å². The van der Waals surface area contributed by atoms with Crippen molar-refractivity contribution in [3.8, 4) is 11.5 Å². The minimum absolute atomic E-state index is 0.569. The highest BCUT2D eigenvalue weighted by atomic mass is 16.5. The average Bonchev–Trinajstić information content (AvgIpc) is 2.69. The number of benzene rings is 3. The fraction of sp³-hybridized carbons (Fsp3) is 0.308. The van der Waals surface area contributed by atoms with Crippen LogP contribution >= 0.6 is 0 Å². The summed E-state index contributed by atoms with van der Waals surface area (Å²) in [5.74, 6) is 1.87. The van der Waals surface area contributed by atoms with E-state index < -0.39 is 0 Å². The summed E-state index contributed by atoms with van der Waals surface area (Å²) in [6, 6.07) is 13.0. The topological polar surface area (TPSA) is 18.5 Å². The van der Waals surface area contributed by atoms with Crippen molar-refractivity contribution in [1.82, 2.24) is 0 Å². The van der Waals surface area contributed by atoms with E-state index in [9.17, 15) is 0 Å². The first kappa shape index (κ1) is 20.0. The second kappa shape index (κ2) is 9.45. The van der Waals surface area contributed by atoms with Gasteiger partial charge in [-0.3, -0.25) is 0 Å². The molecule has 0 bridgehead atoms. The van der Waals surface area contributed by atoms with Gasteiger partial charge in [-0.15, -0.1) is 0 Å². The maximum Gasteiger partial charge on any atom is 0.135 e. The van der Waals surface area contributed by atoms with Gasteiger partial charge >= 0.3 is 0 Å². The van der Waals surface area contributed by atoms with E-state index >= 15 is 0 Å². The van der Waals surface area contributed by atoms with Gasteiger partial charge in [0, 0.05) is 21.5 Å². The second-order valence-corrected chi connectivity index (χ2v) is 7.14. The summed E-state index contributed by atoms with van der Waals surface area (Å²) in [4.78, 5) is 0. The van der Waals surface area contributed by atoms with E-state index in [0.717, 1.165) is 45.9 Å². The lowest BCUT2D eigenvalue weighted by Gasteiger charge is -2.18. The first-order chi connectivity index (χ1) is 13.7. The third-order valence-electron chi connectivity index (χ3n) is 4.78. The standard InChI is InChI=1S/C26H30O2/c1-5-7-9-15-27-25-21-13-11-20(4)18-24(21)26(28-16-10-8-6-2)22-14-12-19(3)17-23(22)25/h7-14,17-18H,5-6,15-16H2,1-4H3/b9-7+,10-8+. The van der Waals surface area contributed by atoms with Gasteiger partial charge in [0.2, 0.25) is 0 Å². The van der Waals surface area contributed by atoms with Gasteiger partial charge in [0.25, 0.3) is 0 Å². The van der Waals surface area contributed by atoms with Crippen molar-refractivity contribution in [2.45, 2.75) is 40.5 Å². The Kier molecular flexibility index (Phi) is 6.76. The number of fused-ring (bicyclic) bond motifs is 2. The van der Waals surface area contributed by atoms with Crippen molar-refractivity contribution in [3.05, 3.63) is 71.8 Å². The second-order valence-electron chi connectivity index (χ2n) is 7.14. The van der Waals surface area contributed by atoms with Gasteiger partial charge in [0.15, 0.2) is 0 Å². The Morgan fingerprint density at radius 3 is 1.43 bits per heavy atom. The molecule has 0 N–H and O–H groups in total. The molecule has 0 spiro atoms. The number of ether oxygens (including phenoxy) is 2. The summed E-state index contributed by atoms with van der Waals surface area (Å²) >= 11 is 0. The van der Waals surface area contributed by atoms with Crippen molar-refractivity contribution in [2.24, 2.45) is 0 Å². The lowest BCUT2D eigenvalue weighted by atomic mass is 9.98. The Morgan fingerprint density at radius 2 is 1.04 bits per heavy atom. The molecule has 0 aliphatic carbocycles. The Balaban J connectivity index is 2.21. The molecule has 0 aliphatic heterocycles. The Labute approximate surface area is 168 Å². The molecule has 0 aromatic heterocycles. The van der Waals surface area contributed by atoms with Gasteiger partial charge in [-0.25, -0.2) is 0 Å². The lowest BCUT2D eigenvalue weighted by molar-refractivity contribution is 0.365. The van der Waals surface area contributed by atoms with Crippen molar-refractivity contribution in [3.63, 3.8) is 0 Å². The highest BCUT2D eigenvalue weighted by molar-refractivity contribution is 6.11. The van der Waals surface area contributed by atoms with Crippen LogP contribution in [-0.2, 0) is 0 Å². The molecule has 0 unspecified atom stereocenters. The molecule has 0 aliphatic rings. The van der Waals surface area contributed by atoms with Crippen LogP contribution in [0.15, 0.2) is 60.7 Å². The molecule has 3 aromatic rings. The summed E-state index contributed by atoms with van der Waals surface area (Å²) in [6.07, 6.45) is 10.5. The van der Waals surface area contributed by atoms with Crippen LogP contribution in [0.2, 0.25) is 0 Å². The van der Waals surface area contributed by atoms with E-state index in [2.05, 4.69) is 88.4 Å².